The minimum Gasteiger partial charge on any atom is -0.490 e. The number of hydrogen-bond acceptors (Lipinski definition) is 8. The molecule has 4 rings (SSSR count). The number of benzene rings is 2. The zero-order chi connectivity index (χ0) is 34.1. The van der Waals surface area contributed by atoms with Gasteiger partial charge < -0.3 is 34.7 Å². The number of fused-ring (bicyclic) bond motifs is 1. The number of aromatic nitrogens is 2. The number of carbonyl (C=O) groups excluding carboxylic acids is 2. The number of aliphatic hydroxyl groups is 1. The molecular weight excluding hydrogens is 624 g/mol. The summed E-state index contributed by atoms with van der Waals surface area (Å²) in [5, 5.41) is 15.7. The number of imidazole rings is 1. The number of hydrogen-bond donors (Lipinski definition) is 3. The van der Waals surface area contributed by atoms with Gasteiger partial charge in [0.1, 0.15) is 5.75 Å². The molecule has 4 atom stereocenters. The molecule has 0 aliphatic carbocycles. The molecular formula is C33H46N6O7S. The largest absolute Gasteiger partial charge is 0.490 e. The van der Waals surface area contributed by atoms with Crippen LogP contribution in [-0.4, -0.2) is 95.8 Å². The third-order valence-electron chi connectivity index (χ3n) is 8.13. The summed E-state index contributed by atoms with van der Waals surface area (Å²) in [6.07, 6.45) is 4.31. The molecule has 0 saturated carbocycles. The van der Waals surface area contributed by atoms with Crippen molar-refractivity contribution in [2.45, 2.75) is 63.3 Å². The number of amides is 3. The van der Waals surface area contributed by atoms with Crippen LogP contribution in [0.25, 0.3) is 0 Å². The Bertz CT molecular complexity index is 1600. The highest BCUT2D eigenvalue weighted by atomic mass is 32.2. The smallest absolute Gasteiger partial charge is 0.323 e. The second-order valence-corrected chi connectivity index (χ2v) is 14.1. The van der Waals surface area contributed by atoms with E-state index in [2.05, 4.69) is 15.6 Å². The van der Waals surface area contributed by atoms with Gasteiger partial charge in [-0.2, -0.15) is 4.31 Å². The van der Waals surface area contributed by atoms with Gasteiger partial charge >= 0.3 is 6.03 Å². The van der Waals surface area contributed by atoms with Gasteiger partial charge in [-0.3, -0.25) is 4.79 Å². The van der Waals surface area contributed by atoms with Crippen LogP contribution in [0.2, 0.25) is 0 Å². The van der Waals surface area contributed by atoms with Crippen molar-refractivity contribution >= 4 is 33.3 Å². The van der Waals surface area contributed by atoms with E-state index in [1.54, 1.807) is 53.8 Å². The summed E-state index contributed by atoms with van der Waals surface area (Å²) < 4.78 is 41.9. The molecule has 0 unspecified atom stereocenters. The maximum Gasteiger partial charge on any atom is 0.323 e. The Morgan fingerprint density at radius 2 is 1.85 bits per heavy atom. The Morgan fingerprint density at radius 3 is 2.53 bits per heavy atom. The first-order valence-corrected chi connectivity index (χ1v) is 17.2. The fraction of sp³-hybridized carbons (Fsp3) is 0.485. The SMILES string of the molecule is C[C@@H]1CCCCO[C@H](CN(C)S(=O)(=O)c2cn(C)cn2)[C@H](C)CN([C@@H](C)CO)C(=O)c2cc(NC(=O)Nc3ccccc3)ccc2O1. The average Bonchev–Trinajstić information content (AvgIpc) is 3.49. The Labute approximate surface area is 276 Å². The number of ether oxygens (including phenoxy) is 2. The van der Waals surface area contributed by atoms with E-state index in [1.807, 2.05) is 32.0 Å². The van der Waals surface area contributed by atoms with Gasteiger partial charge in [-0.15, -0.1) is 0 Å². The van der Waals surface area contributed by atoms with E-state index in [0.29, 0.717) is 30.2 Å². The first-order chi connectivity index (χ1) is 22.4. The van der Waals surface area contributed by atoms with Crippen LogP contribution in [-0.2, 0) is 21.8 Å². The molecule has 13 nitrogen and oxygen atoms in total. The first kappa shape index (κ1) is 35.9. The summed E-state index contributed by atoms with van der Waals surface area (Å²) in [4.78, 5) is 32.6. The number of carbonyl (C=O) groups is 2. The van der Waals surface area contributed by atoms with Crippen molar-refractivity contribution in [3.05, 3.63) is 66.6 Å². The molecule has 0 spiro atoms. The normalized spacial score (nSPS) is 20.5. The quantitative estimate of drug-likeness (QED) is 0.323. The van der Waals surface area contributed by atoms with Gasteiger partial charge in [0.2, 0.25) is 0 Å². The number of rotatable bonds is 8. The van der Waals surface area contributed by atoms with Crippen molar-refractivity contribution in [3.8, 4) is 5.75 Å². The lowest BCUT2D eigenvalue weighted by Gasteiger charge is -2.35. The van der Waals surface area contributed by atoms with Crippen LogP contribution in [0.5, 0.6) is 5.75 Å². The number of anilines is 2. The van der Waals surface area contributed by atoms with Crippen molar-refractivity contribution in [2.75, 3.05) is 44.0 Å². The zero-order valence-electron chi connectivity index (χ0n) is 27.6. The van der Waals surface area contributed by atoms with Crippen LogP contribution in [0.15, 0.2) is 66.1 Å². The van der Waals surface area contributed by atoms with Crippen molar-refractivity contribution < 1.29 is 32.6 Å². The van der Waals surface area contributed by atoms with Crippen LogP contribution in [0, 0.1) is 5.92 Å². The number of nitrogens with zero attached hydrogens (tertiary/aromatic N) is 4. The summed E-state index contributed by atoms with van der Waals surface area (Å²) in [7, 11) is -0.696. The maximum atomic E-state index is 14.3. The van der Waals surface area contributed by atoms with E-state index in [9.17, 15) is 23.1 Å². The molecule has 256 valence electrons. The maximum absolute atomic E-state index is 14.3. The van der Waals surface area contributed by atoms with Gasteiger partial charge in [-0.1, -0.05) is 25.1 Å². The zero-order valence-corrected chi connectivity index (χ0v) is 28.4. The lowest BCUT2D eigenvalue weighted by molar-refractivity contribution is -0.00835. The molecule has 2 aromatic carbocycles. The van der Waals surface area contributed by atoms with Crippen molar-refractivity contribution in [1.82, 2.24) is 18.8 Å². The number of urea groups is 1. The number of aliphatic hydroxyl groups excluding tert-OH is 1. The second kappa shape index (κ2) is 16.2. The number of para-hydroxylation sites is 1. The number of sulfonamides is 1. The Hall–Kier alpha value is -3.98. The van der Waals surface area contributed by atoms with Crippen molar-refractivity contribution in [1.29, 1.82) is 0 Å². The van der Waals surface area contributed by atoms with E-state index in [0.717, 1.165) is 12.8 Å². The molecule has 2 heterocycles. The standard InChI is InChI=1S/C33H46N6O7S/c1-23-18-39(24(2)21-40)32(41)28-17-27(36-33(42)35-26-12-7-6-8-13-26)14-15-29(28)46-25(3)11-9-10-16-45-30(23)19-38(5)47(43,44)31-20-37(4)22-34-31/h6-8,12-15,17,20,22-25,30,40H,9-11,16,18-19,21H2,1-5H3,(H2,35,36,42)/t23-,24+,25-,30-/m1/s1. The number of nitrogens with one attached hydrogen (secondary N) is 2. The van der Waals surface area contributed by atoms with Crippen LogP contribution >= 0.6 is 0 Å². The van der Waals surface area contributed by atoms with Crippen LogP contribution < -0.4 is 15.4 Å². The van der Waals surface area contributed by atoms with Gasteiger partial charge in [-0.25, -0.2) is 18.2 Å². The molecule has 0 bridgehead atoms. The molecule has 0 radical (unpaired) electrons. The Morgan fingerprint density at radius 1 is 1.13 bits per heavy atom. The summed E-state index contributed by atoms with van der Waals surface area (Å²) in [5.74, 6) is -0.373. The molecule has 47 heavy (non-hydrogen) atoms. The Balaban J connectivity index is 1.62. The molecule has 3 amide bonds. The number of likely N-dealkylation sites (N-methyl/N-ethyl adjacent to an activating group) is 1. The second-order valence-electron chi connectivity index (χ2n) is 12.1. The Kier molecular flexibility index (Phi) is 12.4. The minimum absolute atomic E-state index is 0.0380. The summed E-state index contributed by atoms with van der Waals surface area (Å²) in [6, 6.07) is 12.9. The topological polar surface area (TPSA) is 155 Å². The molecule has 14 heteroatoms. The van der Waals surface area contributed by atoms with Gasteiger partial charge in [0.25, 0.3) is 15.9 Å². The molecule has 3 aromatic rings. The third kappa shape index (κ3) is 9.53. The van der Waals surface area contributed by atoms with Gasteiger partial charge in [0, 0.05) is 57.3 Å². The van der Waals surface area contributed by atoms with Crippen LogP contribution in [0.1, 0.15) is 50.4 Å². The molecule has 1 aliphatic heterocycles. The average molecular weight is 671 g/mol. The van der Waals surface area contributed by atoms with E-state index in [1.165, 1.54) is 23.9 Å². The van der Waals surface area contributed by atoms with Crippen molar-refractivity contribution in [3.63, 3.8) is 0 Å². The van der Waals surface area contributed by atoms with E-state index in [-0.39, 0.29) is 42.3 Å². The third-order valence-corrected chi connectivity index (χ3v) is 9.84. The highest BCUT2D eigenvalue weighted by molar-refractivity contribution is 7.89. The molecule has 0 saturated heterocycles. The monoisotopic (exact) mass is 670 g/mol. The van der Waals surface area contributed by atoms with E-state index < -0.39 is 34.1 Å². The molecule has 0 fully saturated rings. The summed E-state index contributed by atoms with van der Waals surface area (Å²) in [6.45, 7) is 5.85. The predicted octanol–water partition coefficient (Wildman–Crippen LogP) is 4.18. The highest BCUT2D eigenvalue weighted by Gasteiger charge is 2.33. The lowest BCUT2D eigenvalue weighted by atomic mass is 10.0. The summed E-state index contributed by atoms with van der Waals surface area (Å²) in [5.41, 5.74) is 1.23. The van der Waals surface area contributed by atoms with Crippen LogP contribution in [0.3, 0.4) is 0 Å². The fourth-order valence-corrected chi connectivity index (χ4v) is 6.45. The van der Waals surface area contributed by atoms with Gasteiger partial charge in [-0.05, 0) is 63.4 Å². The number of aryl methyl sites for hydroxylation is 1. The minimum atomic E-state index is -3.88. The van der Waals surface area contributed by atoms with E-state index in [4.69, 9.17) is 9.47 Å². The molecule has 1 aromatic heterocycles. The first-order valence-electron chi connectivity index (χ1n) is 15.8. The summed E-state index contributed by atoms with van der Waals surface area (Å²) >= 11 is 0. The van der Waals surface area contributed by atoms with Crippen LogP contribution in [0.4, 0.5) is 16.2 Å². The fourth-order valence-electron chi connectivity index (χ4n) is 5.31. The van der Waals surface area contributed by atoms with Crippen molar-refractivity contribution in [2.24, 2.45) is 13.0 Å². The highest BCUT2D eigenvalue weighted by Crippen LogP contribution is 2.29. The van der Waals surface area contributed by atoms with Gasteiger partial charge in [0.15, 0.2) is 5.03 Å². The molecule has 1 aliphatic rings. The predicted molar refractivity (Wildman–Crippen MR) is 179 cm³/mol. The van der Waals surface area contributed by atoms with Gasteiger partial charge in [0.05, 0.1) is 36.7 Å². The molecule has 3 N–H and O–H groups in total. The van der Waals surface area contributed by atoms with E-state index >= 15 is 0 Å². The lowest BCUT2D eigenvalue weighted by Crippen LogP contribution is -2.48.